The zero-order chi connectivity index (χ0) is 19.8. The Bertz CT molecular complexity index is 1160. The van der Waals surface area contributed by atoms with Gasteiger partial charge in [0.05, 0.1) is 5.69 Å². The smallest absolute Gasteiger partial charge is 0.251 e. The number of H-pyrrole nitrogens is 2. The molecule has 0 radical (unpaired) electrons. The van der Waals surface area contributed by atoms with E-state index in [0.29, 0.717) is 12.1 Å². The van der Waals surface area contributed by atoms with E-state index in [0.717, 1.165) is 40.9 Å². The van der Waals surface area contributed by atoms with Crippen LogP contribution in [0.5, 0.6) is 0 Å². The van der Waals surface area contributed by atoms with E-state index in [1.807, 2.05) is 36.5 Å². The molecule has 4 aromatic rings. The fraction of sp³-hybridized carbons (Fsp3) is 0.182. The maximum Gasteiger partial charge on any atom is 0.251 e. The minimum Gasteiger partial charge on any atom is -0.361 e. The van der Waals surface area contributed by atoms with Crippen LogP contribution in [0.2, 0.25) is 0 Å². The molecule has 6 nitrogen and oxygen atoms in total. The summed E-state index contributed by atoms with van der Waals surface area (Å²) in [5.41, 5.74) is 3.33. The molecule has 1 aliphatic rings. The standard InChI is InChI=1S/C22H20FN5O/c23-17-5-3-14(4-6-17)20-12-21(27-26-20)28-10-8-18(13-28)25-22(29)16-2-1-15-7-9-24-19(15)11-16/h1-7,9,11-12,18,24H,8,10,13H2,(H,25,29)(H,26,27)/t18-/m0/s1. The van der Waals surface area contributed by atoms with Crippen LogP contribution < -0.4 is 10.2 Å². The predicted molar refractivity (Wildman–Crippen MR) is 110 cm³/mol. The molecule has 1 saturated heterocycles. The van der Waals surface area contributed by atoms with Gasteiger partial charge in [-0.1, -0.05) is 6.07 Å². The number of hydrogen-bond donors (Lipinski definition) is 3. The molecule has 29 heavy (non-hydrogen) atoms. The van der Waals surface area contributed by atoms with Crippen LogP contribution >= 0.6 is 0 Å². The number of hydrogen-bond acceptors (Lipinski definition) is 3. The number of aromatic nitrogens is 3. The third-order valence-corrected chi connectivity index (χ3v) is 5.38. The van der Waals surface area contributed by atoms with Crippen LogP contribution in [0.25, 0.3) is 22.2 Å². The van der Waals surface area contributed by atoms with Crippen LogP contribution in [0.3, 0.4) is 0 Å². The van der Waals surface area contributed by atoms with E-state index in [-0.39, 0.29) is 17.8 Å². The maximum absolute atomic E-state index is 13.1. The van der Waals surface area contributed by atoms with Crippen molar-refractivity contribution in [3.8, 4) is 11.3 Å². The number of rotatable bonds is 4. The Kier molecular flexibility index (Phi) is 4.27. The van der Waals surface area contributed by atoms with Gasteiger partial charge in [0, 0.05) is 42.5 Å². The highest BCUT2D eigenvalue weighted by atomic mass is 19.1. The number of carbonyl (C=O) groups excluding carboxylic acids is 1. The van der Waals surface area contributed by atoms with Gasteiger partial charge in [-0.2, -0.15) is 5.10 Å². The molecule has 1 fully saturated rings. The third-order valence-electron chi connectivity index (χ3n) is 5.38. The molecular formula is C22H20FN5O. The van der Waals surface area contributed by atoms with Crippen LogP contribution in [-0.4, -0.2) is 40.2 Å². The number of nitrogens with one attached hydrogen (secondary N) is 3. The Balaban J connectivity index is 1.24. The van der Waals surface area contributed by atoms with Crippen molar-refractivity contribution in [3.63, 3.8) is 0 Å². The summed E-state index contributed by atoms with van der Waals surface area (Å²) in [7, 11) is 0. The van der Waals surface area contributed by atoms with Gasteiger partial charge in [-0.25, -0.2) is 4.39 Å². The van der Waals surface area contributed by atoms with Crippen molar-refractivity contribution in [2.75, 3.05) is 18.0 Å². The molecule has 1 aliphatic heterocycles. The number of halogens is 1. The molecule has 146 valence electrons. The van der Waals surface area contributed by atoms with Crippen molar-refractivity contribution in [2.45, 2.75) is 12.5 Å². The van der Waals surface area contributed by atoms with E-state index in [4.69, 9.17) is 0 Å². The van der Waals surface area contributed by atoms with Crippen molar-refractivity contribution in [1.82, 2.24) is 20.5 Å². The van der Waals surface area contributed by atoms with E-state index in [1.165, 1.54) is 12.1 Å². The van der Waals surface area contributed by atoms with E-state index < -0.39 is 0 Å². The highest BCUT2D eigenvalue weighted by Gasteiger charge is 2.26. The Morgan fingerprint density at radius 3 is 2.86 bits per heavy atom. The fourth-order valence-corrected chi connectivity index (χ4v) is 3.79. The number of anilines is 1. The Morgan fingerprint density at radius 1 is 1.14 bits per heavy atom. The Hall–Kier alpha value is -3.61. The first-order valence-electron chi connectivity index (χ1n) is 9.60. The fourth-order valence-electron chi connectivity index (χ4n) is 3.79. The summed E-state index contributed by atoms with van der Waals surface area (Å²) >= 11 is 0. The van der Waals surface area contributed by atoms with Crippen molar-refractivity contribution in [3.05, 3.63) is 72.2 Å². The molecule has 0 bridgehead atoms. The number of benzene rings is 2. The molecule has 2 aromatic heterocycles. The van der Waals surface area contributed by atoms with Crippen LogP contribution in [0.1, 0.15) is 16.8 Å². The lowest BCUT2D eigenvalue weighted by Gasteiger charge is -2.16. The van der Waals surface area contributed by atoms with Gasteiger partial charge in [0.15, 0.2) is 5.82 Å². The van der Waals surface area contributed by atoms with Gasteiger partial charge in [0.1, 0.15) is 5.82 Å². The predicted octanol–water partition coefficient (Wildman–Crippen LogP) is 3.71. The molecule has 7 heteroatoms. The van der Waals surface area contributed by atoms with Crippen LogP contribution in [0.4, 0.5) is 10.2 Å². The third kappa shape index (κ3) is 3.47. The van der Waals surface area contributed by atoms with E-state index in [1.54, 1.807) is 12.1 Å². The number of aromatic amines is 2. The average molecular weight is 389 g/mol. The first-order chi connectivity index (χ1) is 14.2. The van der Waals surface area contributed by atoms with Gasteiger partial charge in [0.2, 0.25) is 0 Å². The lowest BCUT2D eigenvalue weighted by molar-refractivity contribution is 0.0940. The first-order valence-corrected chi connectivity index (χ1v) is 9.60. The summed E-state index contributed by atoms with van der Waals surface area (Å²) in [5, 5.41) is 11.6. The van der Waals surface area contributed by atoms with Gasteiger partial charge >= 0.3 is 0 Å². The highest BCUT2D eigenvalue weighted by molar-refractivity contribution is 5.98. The topological polar surface area (TPSA) is 76.8 Å². The van der Waals surface area contributed by atoms with Gasteiger partial charge in [0.25, 0.3) is 5.91 Å². The normalized spacial score (nSPS) is 16.4. The van der Waals surface area contributed by atoms with Crippen molar-refractivity contribution in [2.24, 2.45) is 0 Å². The van der Waals surface area contributed by atoms with Gasteiger partial charge in [-0.3, -0.25) is 9.89 Å². The van der Waals surface area contributed by atoms with E-state index >= 15 is 0 Å². The maximum atomic E-state index is 13.1. The SMILES string of the molecule is O=C(N[C@H]1CCN(c2cc(-c3ccc(F)cc3)[nH]n2)C1)c1ccc2cc[nH]c2c1. The van der Waals surface area contributed by atoms with E-state index in [9.17, 15) is 9.18 Å². The second-order valence-electron chi connectivity index (χ2n) is 7.33. The van der Waals surface area contributed by atoms with Gasteiger partial charge in [-0.05, 0) is 59.8 Å². The molecule has 2 aromatic carbocycles. The van der Waals surface area contributed by atoms with Crippen LogP contribution in [0, 0.1) is 5.82 Å². The largest absolute Gasteiger partial charge is 0.361 e. The second-order valence-corrected chi connectivity index (χ2v) is 7.33. The highest BCUT2D eigenvalue weighted by Crippen LogP contribution is 2.25. The molecule has 0 saturated carbocycles. The molecule has 0 spiro atoms. The van der Waals surface area contributed by atoms with Crippen molar-refractivity contribution >= 4 is 22.6 Å². The monoisotopic (exact) mass is 389 g/mol. The number of fused-ring (bicyclic) bond motifs is 1. The molecule has 0 unspecified atom stereocenters. The summed E-state index contributed by atoms with van der Waals surface area (Å²) in [4.78, 5) is 17.9. The Labute approximate surface area is 166 Å². The summed E-state index contributed by atoms with van der Waals surface area (Å²) in [6, 6.07) is 16.0. The van der Waals surface area contributed by atoms with Crippen LogP contribution in [0.15, 0.2) is 60.8 Å². The molecule has 3 N–H and O–H groups in total. The van der Waals surface area contributed by atoms with E-state index in [2.05, 4.69) is 25.4 Å². The molecule has 5 rings (SSSR count). The summed E-state index contributed by atoms with van der Waals surface area (Å²) in [5.74, 6) is 0.498. The summed E-state index contributed by atoms with van der Waals surface area (Å²) < 4.78 is 13.1. The summed E-state index contributed by atoms with van der Waals surface area (Å²) in [6.45, 7) is 1.51. The molecule has 0 aliphatic carbocycles. The van der Waals surface area contributed by atoms with Crippen molar-refractivity contribution < 1.29 is 9.18 Å². The summed E-state index contributed by atoms with van der Waals surface area (Å²) in [6.07, 6.45) is 2.72. The minimum absolute atomic E-state index is 0.0628. The number of amides is 1. The van der Waals surface area contributed by atoms with Gasteiger partial charge in [-0.15, -0.1) is 0 Å². The lowest BCUT2D eigenvalue weighted by atomic mass is 10.1. The zero-order valence-electron chi connectivity index (χ0n) is 15.7. The molecule has 3 heterocycles. The second kappa shape index (κ2) is 7.09. The molecule has 1 amide bonds. The zero-order valence-corrected chi connectivity index (χ0v) is 15.7. The number of nitrogens with zero attached hydrogens (tertiary/aromatic N) is 2. The van der Waals surface area contributed by atoms with Crippen molar-refractivity contribution in [1.29, 1.82) is 0 Å². The molecular weight excluding hydrogens is 369 g/mol. The number of carbonyl (C=O) groups is 1. The average Bonchev–Trinajstić information content (AvgIpc) is 3.48. The first kappa shape index (κ1) is 17.5. The van der Waals surface area contributed by atoms with Gasteiger partial charge < -0.3 is 15.2 Å². The lowest BCUT2D eigenvalue weighted by Crippen LogP contribution is -2.37. The molecule has 1 atom stereocenters. The minimum atomic E-state index is -0.262. The Morgan fingerprint density at radius 2 is 2.00 bits per heavy atom. The quantitative estimate of drug-likeness (QED) is 0.498. The van der Waals surface area contributed by atoms with Crippen LogP contribution in [-0.2, 0) is 0 Å².